The number of guanidine groups is 1. The highest BCUT2D eigenvalue weighted by Crippen LogP contribution is 2.15. The van der Waals surface area contributed by atoms with Crippen molar-refractivity contribution in [1.29, 1.82) is 0 Å². The monoisotopic (exact) mass is 521 g/mol. The molecule has 0 bridgehead atoms. The number of hydrogen-bond donors (Lipinski definition) is 2. The second kappa shape index (κ2) is 12.4. The Bertz CT molecular complexity index is 957. The van der Waals surface area contributed by atoms with Gasteiger partial charge in [-0.05, 0) is 30.9 Å². The Morgan fingerprint density at radius 3 is 2.70 bits per heavy atom. The molecule has 2 aromatic heterocycles. The van der Waals surface area contributed by atoms with E-state index in [1.807, 2.05) is 6.92 Å². The van der Waals surface area contributed by atoms with Crippen LogP contribution in [0.15, 0.2) is 60.0 Å². The summed E-state index contributed by atoms with van der Waals surface area (Å²) in [5.74, 6) is 1.82. The standard InChI is InChI=1S/C22H31N7.HI/c1-4-21-27-26-17-29(21)15-12-24-22(25-16-18(2)3)23-11-7-13-28-14-10-19-8-5-6-9-20(19)28;/h5-6,8-10,14,17H,2,4,7,11-13,15-16H2,1,3H3,(H2,23,24,25);1H. The number of rotatable bonds is 10. The Balaban J connectivity index is 0.00000320. The number of halogens is 1. The van der Waals surface area contributed by atoms with Crippen molar-refractivity contribution >= 4 is 40.8 Å². The van der Waals surface area contributed by atoms with Crippen LogP contribution in [0.4, 0.5) is 0 Å². The number of aromatic nitrogens is 4. The van der Waals surface area contributed by atoms with E-state index in [9.17, 15) is 0 Å². The van der Waals surface area contributed by atoms with Gasteiger partial charge in [0.25, 0.3) is 0 Å². The van der Waals surface area contributed by atoms with Gasteiger partial charge in [-0.25, -0.2) is 4.99 Å². The zero-order valence-corrected chi connectivity index (χ0v) is 20.2. The third-order valence-corrected chi connectivity index (χ3v) is 4.71. The van der Waals surface area contributed by atoms with Crippen LogP contribution >= 0.6 is 24.0 Å². The van der Waals surface area contributed by atoms with Gasteiger partial charge in [0.05, 0.1) is 6.54 Å². The number of aryl methyl sites for hydroxylation is 2. The number of para-hydroxylation sites is 1. The average molecular weight is 521 g/mol. The van der Waals surface area contributed by atoms with E-state index in [0.29, 0.717) is 6.54 Å². The molecule has 162 valence electrons. The van der Waals surface area contributed by atoms with E-state index in [4.69, 9.17) is 0 Å². The third kappa shape index (κ3) is 6.86. The number of fused-ring (bicyclic) bond motifs is 1. The summed E-state index contributed by atoms with van der Waals surface area (Å²) in [7, 11) is 0. The molecule has 0 radical (unpaired) electrons. The molecule has 0 aliphatic heterocycles. The largest absolute Gasteiger partial charge is 0.356 e. The molecule has 0 unspecified atom stereocenters. The van der Waals surface area contributed by atoms with Crippen LogP contribution in [0.1, 0.15) is 26.1 Å². The summed E-state index contributed by atoms with van der Waals surface area (Å²) in [6, 6.07) is 10.6. The zero-order chi connectivity index (χ0) is 20.5. The SMILES string of the molecule is C=C(C)CN=C(NCCCn1ccc2ccccc21)NCCn1cnnc1CC.I. The molecule has 0 amide bonds. The molecule has 0 spiro atoms. The van der Waals surface area contributed by atoms with E-state index >= 15 is 0 Å². The molecular formula is C22H32IN7. The lowest BCUT2D eigenvalue weighted by Gasteiger charge is -2.14. The molecule has 0 fully saturated rings. The lowest BCUT2D eigenvalue weighted by atomic mass is 10.2. The topological polar surface area (TPSA) is 72.1 Å². The van der Waals surface area contributed by atoms with Gasteiger partial charge in [-0.3, -0.25) is 0 Å². The summed E-state index contributed by atoms with van der Waals surface area (Å²) in [6.07, 6.45) is 5.82. The second-order valence-corrected chi connectivity index (χ2v) is 7.19. The lowest BCUT2D eigenvalue weighted by Crippen LogP contribution is -2.39. The van der Waals surface area contributed by atoms with Crippen LogP contribution in [0.3, 0.4) is 0 Å². The van der Waals surface area contributed by atoms with Gasteiger partial charge < -0.3 is 19.8 Å². The van der Waals surface area contributed by atoms with Crippen LogP contribution in [0.5, 0.6) is 0 Å². The number of hydrogen-bond acceptors (Lipinski definition) is 3. The molecule has 7 nitrogen and oxygen atoms in total. The summed E-state index contributed by atoms with van der Waals surface area (Å²) in [6.45, 7) is 12.0. The minimum atomic E-state index is 0. The number of nitrogens with one attached hydrogen (secondary N) is 2. The maximum absolute atomic E-state index is 4.62. The molecule has 0 aliphatic rings. The highest BCUT2D eigenvalue weighted by atomic mass is 127. The highest BCUT2D eigenvalue weighted by Gasteiger charge is 2.04. The van der Waals surface area contributed by atoms with Crippen LogP contribution in [-0.2, 0) is 19.5 Å². The fourth-order valence-electron chi connectivity index (χ4n) is 3.21. The zero-order valence-electron chi connectivity index (χ0n) is 17.8. The summed E-state index contributed by atoms with van der Waals surface area (Å²) < 4.78 is 4.37. The van der Waals surface area contributed by atoms with Gasteiger partial charge in [0, 0.05) is 44.3 Å². The molecule has 3 aromatic rings. The number of nitrogens with zero attached hydrogens (tertiary/aromatic N) is 5. The van der Waals surface area contributed by atoms with Crippen molar-refractivity contribution in [3.05, 3.63) is 60.8 Å². The number of benzene rings is 1. The van der Waals surface area contributed by atoms with Crippen molar-refractivity contribution in [2.45, 2.75) is 39.8 Å². The predicted octanol–water partition coefficient (Wildman–Crippen LogP) is 3.61. The summed E-state index contributed by atoms with van der Waals surface area (Å²) in [5.41, 5.74) is 2.32. The molecule has 2 heterocycles. The van der Waals surface area contributed by atoms with Crippen molar-refractivity contribution in [3.63, 3.8) is 0 Å². The second-order valence-electron chi connectivity index (χ2n) is 7.19. The van der Waals surface area contributed by atoms with Crippen molar-refractivity contribution < 1.29 is 0 Å². The summed E-state index contributed by atoms with van der Waals surface area (Å²) >= 11 is 0. The van der Waals surface area contributed by atoms with Crippen LogP contribution in [-0.4, -0.2) is 44.9 Å². The minimum absolute atomic E-state index is 0. The molecule has 30 heavy (non-hydrogen) atoms. The first-order valence-corrected chi connectivity index (χ1v) is 10.2. The fraction of sp³-hybridized carbons (Fsp3) is 0.409. The van der Waals surface area contributed by atoms with Gasteiger partial charge in [0.1, 0.15) is 12.2 Å². The van der Waals surface area contributed by atoms with Crippen LogP contribution < -0.4 is 10.6 Å². The van der Waals surface area contributed by atoms with Crippen molar-refractivity contribution in [1.82, 2.24) is 30.0 Å². The molecule has 2 N–H and O–H groups in total. The molecule has 1 aromatic carbocycles. The van der Waals surface area contributed by atoms with Gasteiger partial charge in [-0.15, -0.1) is 34.2 Å². The maximum atomic E-state index is 4.62. The van der Waals surface area contributed by atoms with Gasteiger partial charge >= 0.3 is 0 Å². The molecule has 8 heteroatoms. The smallest absolute Gasteiger partial charge is 0.191 e. The first kappa shape index (κ1) is 23.9. The first-order chi connectivity index (χ1) is 14.2. The Morgan fingerprint density at radius 2 is 1.90 bits per heavy atom. The molecule has 0 atom stereocenters. The van der Waals surface area contributed by atoms with E-state index in [2.05, 4.69) is 85.0 Å². The Kier molecular flexibility index (Phi) is 9.85. The fourth-order valence-corrected chi connectivity index (χ4v) is 3.21. The maximum Gasteiger partial charge on any atom is 0.191 e. The molecule has 3 rings (SSSR count). The van der Waals surface area contributed by atoms with Gasteiger partial charge in [-0.2, -0.15) is 0 Å². The highest BCUT2D eigenvalue weighted by molar-refractivity contribution is 14.0. The van der Waals surface area contributed by atoms with E-state index in [-0.39, 0.29) is 24.0 Å². The molecule has 0 saturated heterocycles. The molecule has 0 aliphatic carbocycles. The normalized spacial score (nSPS) is 11.3. The Labute approximate surface area is 195 Å². The number of aliphatic imine (C=N–C) groups is 1. The third-order valence-electron chi connectivity index (χ3n) is 4.71. The van der Waals surface area contributed by atoms with Crippen molar-refractivity contribution in [2.24, 2.45) is 4.99 Å². The molecular weight excluding hydrogens is 489 g/mol. The van der Waals surface area contributed by atoms with Crippen LogP contribution in [0, 0.1) is 0 Å². The van der Waals surface area contributed by atoms with Crippen molar-refractivity contribution in [3.8, 4) is 0 Å². The van der Waals surface area contributed by atoms with Gasteiger partial charge in [0.15, 0.2) is 5.96 Å². The summed E-state index contributed by atoms with van der Waals surface area (Å²) in [4.78, 5) is 4.62. The molecule has 0 saturated carbocycles. The van der Waals surface area contributed by atoms with Crippen LogP contribution in [0.2, 0.25) is 0 Å². The van der Waals surface area contributed by atoms with Crippen LogP contribution in [0.25, 0.3) is 10.9 Å². The van der Waals surface area contributed by atoms with Gasteiger partial charge in [0.2, 0.25) is 0 Å². The average Bonchev–Trinajstić information content (AvgIpc) is 3.35. The predicted molar refractivity (Wildman–Crippen MR) is 134 cm³/mol. The van der Waals surface area contributed by atoms with E-state index in [0.717, 1.165) is 56.4 Å². The lowest BCUT2D eigenvalue weighted by molar-refractivity contribution is 0.617. The Hall–Kier alpha value is -2.36. The van der Waals surface area contributed by atoms with E-state index < -0.39 is 0 Å². The van der Waals surface area contributed by atoms with E-state index in [1.165, 1.54) is 10.9 Å². The first-order valence-electron chi connectivity index (χ1n) is 10.2. The minimum Gasteiger partial charge on any atom is -0.356 e. The van der Waals surface area contributed by atoms with Gasteiger partial charge in [-0.1, -0.05) is 37.3 Å². The quantitative estimate of drug-likeness (QED) is 0.141. The Morgan fingerprint density at radius 1 is 1.10 bits per heavy atom. The summed E-state index contributed by atoms with van der Waals surface area (Å²) in [5, 5.41) is 16.2. The van der Waals surface area contributed by atoms with Crippen molar-refractivity contribution in [2.75, 3.05) is 19.6 Å². The van der Waals surface area contributed by atoms with E-state index in [1.54, 1.807) is 6.33 Å².